The fourth-order valence-corrected chi connectivity index (χ4v) is 2.23. The molecule has 0 bridgehead atoms. The van der Waals surface area contributed by atoms with Crippen molar-refractivity contribution in [1.29, 1.82) is 0 Å². The second-order valence-electron chi connectivity index (χ2n) is 5.16. The van der Waals surface area contributed by atoms with Crippen molar-refractivity contribution in [3.63, 3.8) is 0 Å². The Bertz CT molecular complexity index is 701. The molecule has 0 N–H and O–H groups in total. The van der Waals surface area contributed by atoms with Crippen molar-refractivity contribution >= 4 is 6.79 Å². The van der Waals surface area contributed by atoms with Crippen molar-refractivity contribution in [3.05, 3.63) is 90.0 Å². The lowest BCUT2D eigenvalue weighted by atomic mass is 10.0. The number of hydrogen-bond acceptors (Lipinski definition) is 2. The van der Waals surface area contributed by atoms with E-state index in [1.54, 1.807) is 0 Å². The highest BCUT2D eigenvalue weighted by atomic mass is 16.5. The molecular weight excluding hydrogens is 284 g/mol. The molecule has 0 aliphatic heterocycles. The summed E-state index contributed by atoms with van der Waals surface area (Å²) in [6.07, 6.45) is 0. The van der Waals surface area contributed by atoms with Crippen molar-refractivity contribution in [1.82, 2.24) is 0 Å². The normalized spacial score (nSPS) is 9.61. The number of aryl methyl sites for hydroxylation is 1. The van der Waals surface area contributed by atoms with Gasteiger partial charge in [0.25, 0.3) is 0 Å². The first-order chi connectivity index (χ1) is 11.3. The molecule has 0 saturated carbocycles. The molecule has 3 rings (SSSR count). The van der Waals surface area contributed by atoms with Crippen molar-refractivity contribution in [2.75, 3.05) is 0 Å². The van der Waals surface area contributed by atoms with Crippen LogP contribution in [0.15, 0.2) is 78.9 Å². The van der Waals surface area contributed by atoms with E-state index in [-0.39, 0.29) is 0 Å². The summed E-state index contributed by atoms with van der Waals surface area (Å²) in [4.78, 5) is 8.00. The van der Waals surface area contributed by atoms with Crippen LogP contribution in [0.4, 0.5) is 0 Å². The summed E-state index contributed by atoms with van der Waals surface area (Å²) in [6.45, 7) is 4.70. The molecule has 0 saturated heterocycles. The van der Waals surface area contributed by atoms with Gasteiger partial charge in [0.05, 0.1) is 0 Å². The van der Waals surface area contributed by atoms with Crippen LogP contribution in [-0.4, -0.2) is 6.79 Å². The molecule has 0 amide bonds. The van der Waals surface area contributed by atoms with Gasteiger partial charge in [-0.25, -0.2) is 0 Å². The molecule has 0 spiro atoms. The minimum Gasteiger partial charge on any atom is -0.489 e. The maximum Gasteiger partial charge on any atom is 0.119 e. The van der Waals surface area contributed by atoms with E-state index in [0.717, 1.165) is 5.75 Å². The second-order valence-corrected chi connectivity index (χ2v) is 5.16. The molecular formula is C21H20O2. The van der Waals surface area contributed by atoms with E-state index in [4.69, 9.17) is 9.53 Å². The highest BCUT2D eigenvalue weighted by Gasteiger charge is 1.99. The summed E-state index contributed by atoms with van der Waals surface area (Å²) in [5.41, 5.74) is 4.90. The third kappa shape index (κ3) is 4.82. The van der Waals surface area contributed by atoms with Gasteiger partial charge in [-0.15, -0.1) is 0 Å². The summed E-state index contributed by atoms with van der Waals surface area (Å²) in [5, 5.41) is 0. The number of carbonyl (C=O) groups excluding carboxylic acids is 1. The van der Waals surface area contributed by atoms with Gasteiger partial charge in [-0.3, -0.25) is 0 Å². The Kier molecular flexibility index (Phi) is 6.13. The van der Waals surface area contributed by atoms with Gasteiger partial charge in [0.15, 0.2) is 0 Å². The zero-order valence-corrected chi connectivity index (χ0v) is 13.2. The van der Waals surface area contributed by atoms with E-state index >= 15 is 0 Å². The molecule has 0 atom stereocenters. The zero-order chi connectivity index (χ0) is 16.5. The minimum absolute atomic E-state index is 0.602. The Hall–Kier alpha value is -2.87. The lowest BCUT2D eigenvalue weighted by molar-refractivity contribution is -0.0979. The predicted octanol–water partition coefficient (Wildman–Crippen LogP) is 5.06. The molecule has 0 aliphatic rings. The maximum atomic E-state index is 8.00. The van der Waals surface area contributed by atoms with Gasteiger partial charge >= 0.3 is 0 Å². The van der Waals surface area contributed by atoms with E-state index in [0.29, 0.717) is 6.61 Å². The number of rotatable bonds is 4. The quantitative estimate of drug-likeness (QED) is 0.673. The summed E-state index contributed by atoms with van der Waals surface area (Å²) >= 11 is 0. The van der Waals surface area contributed by atoms with E-state index in [2.05, 4.69) is 55.5 Å². The Morgan fingerprint density at radius 3 is 1.83 bits per heavy atom. The van der Waals surface area contributed by atoms with Gasteiger partial charge in [-0.2, -0.15) is 0 Å². The largest absolute Gasteiger partial charge is 0.489 e. The minimum atomic E-state index is 0.602. The molecule has 0 fully saturated rings. The van der Waals surface area contributed by atoms with Gasteiger partial charge in [0.2, 0.25) is 0 Å². The van der Waals surface area contributed by atoms with Gasteiger partial charge in [-0.05, 0) is 35.7 Å². The number of hydrogen-bond donors (Lipinski definition) is 0. The van der Waals surface area contributed by atoms with Crippen LogP contribution in [0.25, 0.3) is 11.1 Å². The van der Waals surface area contributed by atoms with Gasteiger partial charge in [0.1, 0.15) is 19.1 Å². The van der Waals surface area contributed by atoms with Crippen LogP contribution in [0.2, 0.25) is 0 Å². The van der Waals surface area contributed by atoms with E-state index in [1.165, 1.54) is 22.3 Å². The van der Waals surface area contributed by atoms with E-state index in [1.807, 2.05) is 37.1 Å². The van der Waals surface area contributed by atoms with Gasteiger partial charge in [0, 0.05) is 0 Å². The third-order valence-corrected chi connectivity index (χ3v) is 3.49. The Balaban J connectivity index is 0.000000924. The molecule has 0 radical (unpaired) electrons. The molecule has 2 heteroatoms. The zero-order valence-electron chi connectivity index (χ0n) is 13.2. The third-order valence-electron chi connectivity index (χ3n) is 3.49. The maximum absolute atomic E-state index is 8.00. The van der Waals surface area contributed by atoms with Gasteiger partial charge < -0.3 is 9.53 Å². The second kappa shape index (κ2) is 8.54. The average molecular weight is 304 g/mol. The molecule has 0 heterocycles. The van der Waals surface area contributed by atoms with Crippen LogP contribution >= 0.6 is 0 Å². The molecule has 0 aliphatic carbocycles. The predicted molar refractivity (Wildman–Crippen MR) is 94.5 cm³/mol. The van der Waals surface area contributed by atoms with Crippen LogP contribution in [0.5, 0.6) is 5.75 Å². The molecule has 3 aromatic carbocycles. The van der Waals surface area contributed by atoms with Crippen LogP contribution in [-0.2, 0) is 11.4 Å². The first-order valence-electron chi connectivity index (χ1n) is 7.44. The van der Waals surface area contributed by atoms with Crippen molar-refractivity contribution < 1.29 is 9.53 Å². The smallest absolute Gasteiger partial charge is 0.119 e. The van der Waals surface area contributed by atoms with Crippen molar-refractivity contribution in [3.8, 4) is 16.9 Å². The Morgan fingerprint density at radius 1 is 0.739 bits per heavy atom. The van der Waals surface area contributed by atoms with E-state index < -0.39 is 0 Å². The lowest BCUT2D eigenvalue weighted by Gasteiger charge is -2.08. The van der Waals surface area contributed by atoms with Crippen LogP contribution in [0.3, 0.4) is 0 Å². The fourth-order valence-electron chi connectivity index (χ4n) is 2.23. The molecule has 0 unspecified atom stereocenters. The summed E-state index contributed by atoms with van der Waals surface area (Å²) in [5.74, 6) is 0.898. The summed E-state index contributed by atoms with van der Waals surface area (Å²) in [6, 6.07) is 27.0. The van der Waals surface area contributed by atoms with Gasteiger partial charge in [-0.1, -0.05) is 72.3 Å². The molecule has 3 aromatic rings. The SMILES string of the molecule is C=O.Cc1ccc(-c2ccc(OCc3ccccc3)cc2)cc1. The van der Waals surface area contributed by atoms with Crippen molar-refractivity contribution in [2.45, 2.75) is 13.5 Å². The monoisotopic (exact) mass is 304 g/mol. The first-order valence-corrected chi connectivity index (χ1v) is 7.44. The Labute approximate surface area is 137 Å². The summed E-state index contributed by atoms with van der Waals surface area (Å²) in [7, 11) is 0. The van der Waals surface area contributed by atoms with Crippen molar-refractivity contribution in [2.24, 2.45) is 0 Å². The topological polar surface area (TPSA) is 26.3 Å². The molecule has 0 aromatic heterocycles. The molecule has 2 nitrogen and oxygen atoms in total. The lowest BCUT2D eigenvalue weighted by Crippen LogP contribution is -1.94. The number of benzene rings is 3. The standard InChI is InChI=1S/C20H18O.CH2O/c1-16-7-9-18(10-8-16)19-11-13-20(14-12-19)21-15-17-5-3-2-4-6-17;1-2/h2-14H,15H2,1H3;1H2. The first kappa shape index (κ1) is 16.5. The van der Waals surface area contributed by atoms with Crippen LogP contribution in [0, 0.1) is 6.92 Å². The number of ether oxygens (including phenoxy) is 1. The van der Waals surface area contributed by atoms with Crippen LogP contribution in [0.1, 0.15) is 11.1 Å². The van der Waals surface area contributed by atoms with E-state index in [9.17, 15) is 0 Å². The molecule has 23 heavy (non-hydrogen) atoms. The Morgan fingerprint density at radius 2 is 1.26 bits per heavy atom. The number of carbonyl (C=O) groups is 1. The highest BCUT2D eigenvalue weighted by molar-refractivity contribution is 5.64. The summed E-state index contributed by atoms with van der Waals surface area (Å²) < 4.78 is 5.80. The fraction of sp³-hybridized carbons (Fsp3) is 0.0952. The van der Waals surface area contributed by atoms with Crippen LogP contribution < -0.4 is 4.74 Å². The average Bonchev–Trinajstić information content (AvgIpc) is 2.64. The molecule has 116 valence electrons. The highest BCUT2D eigenvalue weighted by Crippen LogP contribution is 2.23.